The van der Waals surface area contributed by atoms with Gasteiger partial charge in [-0.25, -0.2) is 0 Å². The number of aliphatic hydroxyl groups excluding tert-OH is 1. The van der Waals surface area contributed by atoms with Crippen LogP contribution in [0.4, 0.5) is 0 Å². The number of aliphatic hydroxyl groups is 1. The van der Waals surface area contributed by atoms with Crippen molar-refractivity contribution < 1.29 is 5.11 Å². The maximum atomic E-state index is 8.52. The van der Waals surface area contributed by atoms with Crippen LogP contribution in [0.1, 0.15) is 64.7 Å². The van der Waals surface area contributed by atoms with E-state index in [1.165, 1.54) is 51.4 Å². The Balaban J connectivity index is 2.92. The Labute approximate surface area is 94.8 Å². The molecule has 0 aromatic heterocycles. The molecule has 0 aromatic carbocycles. The van der Waals surface area contributed by atoms with Gasteiger partial charge >= 0.3 is 0 Å². The summed E-state index contributed by atoms with van der Waals surface area (Å²) in [6, 6.07) is 0. The number of nitrogens with zero attached hydrogens (tertiary/aromatic N) is 1. The predicted octanol–water partition coefficient (Wildman–Crippen LogP) is 3.58. The number of hydrogen-bond donors (Lipinski definition) is 1. The van der Waals surface area contributed by atoms with Crippen molar-refractivity contribution in [3.05, 3.63) is 0 Å². The van der Waals surface area contributed by atoms with Crippen LogP contribution in [0.3, 0.4) is 0 Å². The Kier molecular flexibility index (Phi) is 13.3. The Morgan fingerprint density at radius 1 is 0.933 bits per heavy atom. The van der Waals surface area contributed by atoms with Crippen LogP contribution in [0.25, 0.3) is 0 Å². The zero-order valence-corrected chi connectivity index (χ0v) is 10.2. The van der Waals surface area contributed by atoms with Crippen LogP contribution in [0.2, 0.25) is 0 Å². The normalized spacial score (nSPS) is 11.3. The molecule has 0 aliphatic rings. The molecule has 0 radical (unpaired) electrons. The SMILES string of the molecule is CCCCCCCCCCN=CCCO. The summed E-state index contributed by atoms with van der Waals surface area (Å²) in [6.45, 7) is 3.42. The Hall–Kier alpha value is -0.370. The molecule has 0 aliphatic heterocycles. The third kappa shape index (κ3) is 13.6. The first-order valence-corrected chi connectivity index (χ1v) is 6.51. The first-order chi connectivity index (χ1) is 7.41. The van der Waals surface area contributed by atoms with E-state index in [1.807, 2.05) is 6.21 Å². The molecule has 0 amide bonds. The molecule has 0 heterocycles. The largest absolute Gasteiger partial charge is 0.396 e. The smallest absolute Gasteiger partial charge is 0.0480 e. The first kappa shape index (κ1) is 14.6. The molecule has 0 aromatic rings. The van der Waals surface area contributed by atoms with E-state index in [4.69, 9.17) is 5.11 Å². The second-order valence-electron chi connectivity index (χ2n) is 4.08. The van der Waals surface area contributed by atoms with Crippen molar-refractivity contribution in [1.29, 1.82) is 0 Å². The molecule has 0 rings (SSSR count). The van der Waals surface area contributed by atoms with Crippen LogP contribution < -0.4 is 0 Å². The second-order valence-corrected chi connectivity index (χ2v) is 4.08. The van der Waals surface area contributed by atoms with Gasteiger partial charge in [0, 0.05) is 25.8 Å². The fourth-order valence-corrected chi connectivity index (χ4v) is 1.58. The number of hydrogen-bond acceptors (Lipinski definition) is 2. The Bertz CT molecular complexity index is 134. The highest BCUT2D eigenvalue weighted by Crippen LogP contribution is 2.08. The van der Waals surface area contributed by atoms with Crippen LogP contribution in [0, 0.1) is 0 Å². The molecule has 15 heavy (non-hydrogen) atoms. The minimum atomic E-state index is 0.223. The van der Waals surface area contributed by atoms with Crippen molar-refractivity contribution in [3.8, 4) is 0 Å². The highest BCUT2D eigenvalue weighted by atomic mass is 16.2. The molecule has 0 saturated carbocycles. The number of unbranched alkanes of at least 4 members (excludes halogenated alkanes) is 7. The lowest BCUT2D eigenvalue weighted by atomic mass is 10.1. The van der Waals surface area contributed by atoms with Crippen molar-refractivity contribution in [2.75, 3.05) is 13.2 Å². The van der Waals surface area contributed by atoms with Crippen molar-refractivity contribution >= 4 is 6.21 Å². The van der Waals surface area contributed by atoms with Gasteiger partial charge in [-0.05, 0) is 6.42 Å². The maximum absolute atomic E-state index is 8.52. The molecule has 0 unspecified atom stereocenters. The lowest BCUT2D eigenvalue weighted by molar-refractivity contribution is 0.308. The fraction of sp³-hybridized carbons (Fsp3) is 0.923. The third-order valence-electron chi connectivity index (χ3n) is 2.53. The quantitative estimate of drug-likeness (QED) is 0.413. The van der Waals surface area contributed by atoms with Crippen molar-refractivity contribution in [2.45, 2.75) is 64.7 Å². The zero-order valence-electron chi connectivity index (χ0n) is 10.2. The van der Waals surface area contributed by atoms with Gasteiger partial charge in [0.1, 0.15) is 0 Å². The van der Waals surface area contributed by atoms with Gasteiger partial charge in [-0.15, -0.1) is 0 Å². The van der Waals surface area contributed by atoms with Crippen LogP contribution in [0.15, 0.2) is 4.99 Å². The van der Waals surface area contributed by atoms with Gasteiger partial charge in [0.25, 0.3) is 0 Å². The summed E-state index contributed by atoms with van der Waals surface area (Å²) >= 11 is 0. The van der Waals surface area contributed by atoms with Gasteiger partial charge in [-0.2, -0.15) is 0 Å². The van der Waals surface area contributed by atoms with E-state index < -0.39 is 0 Å². The van der Waals surface area contributed by atoms with E-state index in [1.54, 1.807) is 0 Å². The molecule has 0 spiro atoms. The molecule has 0 atom stereocenters. The minimum Gasteiger partial charge on any atom is -0.396 e. The van der Waals surface area contributed by atoms with Gasteiger partial charge in [-0.1, -0.05) is 51.9 Å². The summed E-state index contributed by atoms with van der Waals surface area (Å²) in [5.41, 5.74) is 0. The maximum Gasteiger partial charge on any atom is 0.0480 e. The summed E-state index contributed by atoms with van der Waals surface area (Å²) in [6.07, 6.45) is 13.3. The highest BCUT2D eigenvalue weighted by Gasteiger charge is 1.90. The first-order valence-electron chi connectivity index (χ1n) is 6.51. The van der Waals surface area contributed by atoms with Crippen LogP contribution in [0.5, 0.6) is 0 Å². The van der Waals surface area contributed by atoms with Crippen molar-refractivity contribution in [1.82, 2.24) is 0 Å². The average Bonchev–Trinajstić information content (AvgIpc) is 2.26. The van der Waals surface area contributed by atoms with Gasteiger partial charge in [0.15, 0.2) is 0 Å². The van der Waals surface area contributed by atoms with E-state index in [2.05, 4.69) is 11.9 Å². The summed E-state index contributed by atoms with van der Waals surface area (Å²) in [5, 5.41) is 8.52. The average molecular weight is 213 g/mol. The second kappa shape index (κ2) is 13.6. The zero-order chi connectivity index (χ0) is 11.2. The van der Waals surface area contributed by atoms with Crippen LogP contribution >= 0.6 is 0 Å². The summed E-state index contributed by atoms with van der Waals surface area (Å²) in [7, 11) is 0. The van der Waals surface area contributed by atoms with E-state index in [9.17, 15) is 0 Å². The lowest BCUT2D eigenvalue weighted by Crippen LogP contribution is -1.87. The molecule has 90 valence electrons. The van der Waals surface area contributed by atoms with Gasteiger partial charge in [0.2, 0.25) is 0 Å². The third-order valence-corrected chi connectivity index (χ3v) is 2.53. The fourth-order valence-electron chi connectivity index (χ4n) is 1.58. The molecule has 2 nitrogen and oxygen atoms in total. The van der Waals surface area contributed by atoms with Crippen LogP contribution in [-0.4, -0.2) is 24.5 Å². The summed E-state index contributed by atoms with van der Waals surface area (Å²) in [5.74, 6) is 0. The van der Waals surface area contributed by atoms with E-state index >= 15 is 0 Å². The minimum absolute atomic E-state index is 0.223. The Morgan fingerprint density at radius 2 is 1.53 bits per heavy atom. The van der Waals surface area contributed by atoms with Crippen LogP contribution in [-0.2, 0) is 0 Å². The molecule has 0 bridgehead atoms. The highest BCUT2D eigenvalue weighted by molar-refractivity contribution is 5.57. The predicted molar refractivity (Wildman–Crippen MR) is 67.7 cm³/mol. The molecular weight excluding hydrogens is 186 g/mol. The van der Waals surface area contributed by atoms with E-state index in [-0.39, 0.29) is 6.61 Å². The summed E-state index contributed by atoms with van der Waals surface area (Å²) in [4.78, 5) is 4.22. The molecule has 0 saturated heterocycles. The monoisotopic (exact) mass is 213 g/mol. The molecular formula is C13H27NO. The number of rotatable bonds is 11. The molecule has 1 N–H and O–H groups in total. The topological polar surface area (TPSA) is 32.6 Å². The van der Waals surface area contributed by atoms with E-state index in [0.717, 1.165) is 6.54 Å². The van der Waals surface area contributed by atoms with Crippen molar-refractivity contribution in [3.63, 3.8) is 0 Å². The molecule has 0 fully saturated rings. The van der Waals surface area contributed by atoms with Crippen molar-refractivity contribution in [2.24, 2.45) is 4.99 Å². The van der Waals surface area contributed by atoms with Gasteiger partial charge in [0.05, 0.1) is 0 Å². The standard InChI is InChI=1S/C13H27NO/c1-2-3-4-5-6-7-8-9-11-14-12-10-13-15/h12,15H,2-11,13H2,1H3. The summed E-state index contributed by atoms with van der Waals surface area (Å²) < 4.78 is 0. The van der Waals surface area contributed by atoms with Gasteiger partial charge < -0.3 is 5.11 Å². The molecule has 0 aliphatic carbocycles. The number of aliphatic imine (C=N–C) groups is 1. The van der Waals surface area contributed by atoms with Gasteiger partial charge in [-0.3, -0.25) is 4.99 Å². The Morgan fingerprint density at radius 3 is 2.13 bits per heavy atom. The molecule has 2 heteroatoms. The lowest BCUT2D eigenvalue weighted by Gasteiger charge is -1.99. The van der Waals surface area contributed by atoms with E-state index in [0.29, 0.717) is 6.42 Å².